The molecule has 4 nitrogen and oxygen atoms in total. The van der Waals surface area contributed by atoms with Crippen molar-refractivity contribution in [1.29, 1.82) is 0 Å². The van der Waals surface area contributed by atoms with Crippen LogP contribution in [0.5, 0.6) is 0 Å². The molecule has 0 aromatic heterocycles. The van der Waals surface area contributed by atoms with Crippen molar-refractivity contribution >= 4 is 17.5 Å². The van der Waals surface area contributed by atoms with Crippen LogP contribution >= 0.6 is 0 Å². The number of benzene rings is 1. The Bertz CT molecular complexity index is 578. The van der Waals surface area contributed by atoms with Gasteiger partial charge in [0.25, 0.3) is 0 Å². The van der Waals surface area contributed by atoms with Crippen molar-refractivity contribution in [3.05, 3.63) is 29.3 Å². The van der Waals surface area contributed by atoms with Gasteiger partial charge in [0.2, 0.25) is 11.8 Å². The number of carbonyl (C=O) groups excluding carboxylic acids is 2. The molecule has 2 amide bonds. The Morgan fingerprint density at radius 1 is 1.29 bits per heavy atom. The minimum Gasteiger partial charge on any atom is -0.355 e. The summed E-state index contributed by atoms with van der Waals surface area (Å²) in [5, 5.41) is 2.93. The van der Waals surface area contributed by atoms with Crippen molar-refractivity contribution in [3.63, 3.8) is 0 Å². The monoisotopic (exact) mass is 286 g/mol. The molecule has 1 heterocycles. The highest BCUT2D eigenvalue weighted by atomic mass is 16.2. The molecular weight excluding hydrogens is 264 g/mol. The van der Waals surface area contributed by atoms with Gasteiger partial charge in [0.15, 0.2) is 0 Å². The van der Waals surface area contributed by atoms with E-state index in [1.165, 1.54) is 18.4 Å². The fourth-order valence-electron chi connectivity index (χ4n) is 2.88. The fraction of sp³-hybridized carbons (Fsp3) is 0.529. The number of aryl methyl sites for hydroxylation is 1. The van der Waals surface area contributed by atoms with Crippen LogP contribution in [0.15, 0.2) is 18.2 Å². The second-order valence-electron chi connectivity index (χ2n) is 6.24. The Balaban J connectivity index is 1.70. The number of nitrogens with one attached hydrogen (secondary N) is 1. The Kier molecular flexibility index (Phi) is 3.70. The zero-order valence-corrected chi connectivity index (χ0v) is 12.7. The number of hydrogen-bond acceptors (Lipinski definition) is 2. The number of nitrogens with zero attached hydrogens (tertiary/aromatic N) is 1. The van der Waals surface area contributed by atoms with Crippen LogP contribution in [-0.4, -0.2) is 24.9 Å². The molecule has 0 bridgehead atoms. The van der Waals surface area contributed by atoms with Crippen LogP contribution in [0.4, 0.5) is 5.69 Å². The molecule has 21 heavy (non-hydrogen) atoms. The first kappa shape index (κ1) is 14.1. The van der Waals surface area contributed by atoms with Crippen LogP contribution in [0.2, 0.25) is 0 Å². The van der Waals surface area contributed by atoms with E-state index >= 15 is 0 Å². The quantitative estimate of drug-likeness (QED) is 0.863. The van der Waals surface area contributed by atoms with Crippen LogP contribution in [-0.2, 0) is 9.59 Å². The lowest BCUT2D eigenvalue weighted by Gasteiger charge is -2.20. The molecule has 1 atom stereocenters. The van der Waals surface area contributed by atoms with Gasteiger partial charge < -0.3 is 10.2 Å². The highest BCUT2D eigenvalue weighted by molar-refractivity contribution is 6.09. The lowest BCUT2D eigenvalue weighted by Crippen LogP contribution is -2.37. The van der Waals surface area contributed by atoms with Crippen molar-refractivity contribution in [2.75, 3.05) is 18.0 Å². The van der Waals surface area contributed by atoms with Gasteiger partial charge in [-0.05, 0) is 56.2 Å². The first-order chi connectivity index (χ1) is 10.1. The third-order valence-corrected chi connectivity index (χ3v) is 4.65. The molecule has 1 saturated carbocycles. The Morgan fingerprint density at radius 2 is 2.05 bits per heavy atom. The van der Waals surface area contributed by atoms with Gasteiger partial charge in [-0.2, -0.15) is 0 Å². The Morgan fingerprint density at radius 3 is 2.76 bits per heavy atom. The van der Waals surface area contributed by atoms with Crippen LogP contribution in [0.1, 0.15) is 30.4 Å². The van der Waals surface area contributed by atoms with Crippen LogP contribution in [0.25, 0.3) is 0 Å². The summed E-state index contributed by atoms with van der Waals surface area (Å²) in [5.41, 5.74) is 3.23. The number of anilines is 1. The van der Waals surface area contributed by atoms with Gasteiger partial charge in [0.05, 0.1) is 0 Å². The third kappa shape index (κ3) is 2.80. The molecule has 1 aromatic rings. The average molecular weight is 286 g/mol. The molecular formula is C17H22N2O2. The largest absolute Gasteiger partial charge is 0.355 e. The first-order valence-electron chi connectivity index (χ1n) is 7.73. The van der Waals surface area contributed by atoms with Gasteiger partial charge in [0, 0.05) is 18.8 Å². The molecule has 1 aliphatic heterocycles. The smallest absolute Gasteiger partial charge is 0.239 e. The Hall–Kier alpha value is -1.84. The number of carbonyl (C=O) groups is 2. The summed E-state index contributed by atoms with van der Waals surface area (Å²) < 4.78 is 0. The molecule has 1 N–H and O–H groups in total. The maximum Gasteiger partial charge on any atom is 0.239 e. The summed E-state index contributed by atoms with van der Waals surface area (Å²) in [6.45, 7) is 5.42. The molecule has 112 valence electrons. The van der Waals surface area contributed by atoms with E-state index < -0.39 is 5.92 Å². The predicted octanol–water partition coefficient (Wildman–Crippen LogP) is 2.18. The van der Waals surface area contributed by atoms with Crippen molar-refractivity contribution < 1.29 is 9.59 Å². The number of amides is 2. The highest BCUT2D eigenvalue weighted by Gasteiger charge is 2.38. The lowest BCUT2D eigenvalue weighted by atomic mass is 10.1. The standard InChI is InChI=1S/C17H22N2O2/c1-11-4-3-5-15(12(11)2)19-9-8-14(17(19)21)16(20)18-10-13-6-7-13/h3-5,13-14H,6-10H2,1-2H3,(H,18,20). The van der Waals surface area contributed by atoms with E-state index in [2.05, 4.69) is 5.32 Å². The third-order valence-electron chi connectivity index (χ3n) is 4.65. The van der Waals surface area contributed by atoms with Crippen molar-refractivity contribution in [2.45, 2.75) is 33.1 Å². The van der Waals surface area contributed by atoms with E-state index in [1.807, 2.05) is 32.0 Å². The Labute approximate surface area is 125 Å². The minimum atomic E-state index is -0.510. The summed E-state index contributed by atoms with van der Waals surface area (Å²) in [5.74, 6) is -0.0269. The predicted molar refractivity (Wildman–Crippen MR) is 82.1 cm³/mol. The topological polar surface area (TPSA) is 49.4 Å². The minimum absolute atomic E-state index is 0.0583. The van der Waals surface area contributed by atoms with Gasteiger partial charge in [0.1, 0.15) is 5.92 Å². The molecule has 2 aliphatic rings. The van der Waals surface area contributed by atoms with Gasteiger partial charge in [-0.1, -0.05) is 12.1 Å². The van der Waals surface area contributed by atoms with Gasteiger partial charge in [-0.3, -0.25) is 9.59 Å². The van der Waals surface area contributed by atoms with Crippen molar-refractivity contribution in [3.8, 4) is 0 Å². The van der Waals surface area contributed by atoms with Crippen LogP contribution < -0.4 is 10.2 Å². The highest BCUT2D eigenvalue weighted by Crippen LogP contribution is 2.30. The van der Waals surface area contributed by atoms with Crippen molar-refractivity contribution in [2.24, 2.45) is 11.8 Å². The molecule has 1 aromatic carbocycles. The molecule has 1 aliphatic carbocycles. The zero-order chi connectivity index (χ0) is 15.0. The fourth-order valence-corrected chi connectivity index (χ4v) is 2.88. The molecule has 4 heteroatoms. The SMILES string of the molecule is Cc1cccc(N2CCC(C(=O)NCC3CC3)C2=O)c1C. The summed E-state index contributed by atoms with van der Waals surface area (Å²) in [7, 11) is 0. The molecule has 2 fully saturated rings. The summed E-state index contributed by atoms with van der Waals surface area (Å²) in [6.07, 6.45) is 3.02. The van der Waals surface area contributed by atoms with E-state index in [4.69, 9.17) is 0 Å². The summed E-state index contributed by atoms with van der Waals surface area (Å²) >= 11 is 0. The first-order valence-corrected chi connectivity index (χ1v) is 7.73. The molecule has 1 saturated heterocycles. The lowest BCUT2D eigenvalue weighted by molar-refractivity contribution is -0.132. The van der Waals surface area contributed by atoms with Gasteiger partial charge in [-0.25, -0.2) is 0 Å². The maximum absolute atomic E-state index is 12.5. The van der Waals surface area contributed by atoms with E-state index in [9.17, 15) is 9.59 Å². The average Bonchev–Trinajstić information content (AvgIpc) is 3.22. The number of rotatable bonds is 4. The van der Waals surface area contributed by atoms with E-state index in [0.29, 0.717) is 18.9 Å². The second kappa shape index (κ2) is 5.51. The second-order valence-corrected chi connectivity index (χ2v) is 6.24. The maximum atomic E-state index is 12.5. The molecule has 1 unspecified atom stereocenters. The number of hydrogen-bond donors (Lipinski definition) is 1. The van der Waals surface area contributed by atoms with Gasteiger partial charge >= 0.3 is 0 Å². The normalized spacial score (nSPS) is 21.7. The van der Waals surface area contributed by atoms with Crippen molar-refractivity contribution in [1.82, 2.24) is 5.32 Å². The van der Waals surface area contributed by atoms with E-state index in [0.717, 1.165) is 17.8 Å². The molecule has 0 radical (unpaired) electrons. The van der Waals surface area contributed by atoms with Crippen LogP contribution in [0.3, 0.4) is 0 Å². The summed E-state index contributed by atoms with van der Waals surface area (Å²) in [6, 6.07) is 5.97. The zero-order valence-electron chi connectivity index (χ0n) is 12.7. The van der Waals surface area contributed by atoms with E-state index in [-0.39, 0.29) is 11.8 Å². The van der Waals surface area contributed by atoms with E-state index in [1.54, 1.807) is 4.90 Å². The molecule has 3 rings (SSSR count). The summed E-state index contributed by atoms with van der Waals surface area (Å²) in [4.78, 5) is 26.5. The molecule has 0 spiro atoms. The van der Waals surface area contributed by atoms with Gasteiger partial charge in [-0.15, -0.1) is 0 Å². The van der Waals surface area contributed by atoms with Crippen LogP contribution in [0, 0.1) is 25.7 Å².